The number of hydrogen-bond acceptors (Lipinski definition) is 3. The van der Waals surface area contributed by atoms with E-state index in [9.17, 15) is 0 Å². The maximum atomic E-state index is 6.76. The first kappa shape index (κ1) is 27.9. The second-order valence-electron chi connectivity index (χ2n) is 12.2. The first-order chi connectivity index (χ1) is 23.8. The summed E-state index contributed by atoms with van der Waals surface area (Å²) in [4.78, 5) is 2.33. The lowest BCUT2D eigenvalue weighted by Crippen LogP contribution is -2.10. The van der Waals surface area contributed by atoms with Gasteiger partial charge in [0.25, 0.3) is 0 Å². The van der Waals surface area contributed by atoms with E-state index in [1.807, 2.05) is 6.07 Å². The van der Waals surface area contributed by atoms with E-state index in [0.29, 0.717) is 0 Å². The molecule has 3 nitrogen and oxygen atoms in total. The molecule has 8 aromatic carbocycles. The molecular formula is C45H32N2O. The highest BCUT2D eigenvalue weighted by molar-refractivity contribution is 6.18. The number of rotatable bonds is 6. The van der Waals surface area contributed by atoms with Crippen LogP contribution in [0.2, 0.25) is 0 Å². The topological polar surface area (TPSA) is 24.5 Å². The molecule has 48 heavy (non-hydrogen) atoms. The van der Waals surface area contributed by atoms with Gasteiger partial charge in [0.1, 0.15) is 0 Å². The summed E-state index contributed by atoms with van der Waals surface area (Å²) in [5.74, 6) is 0.887. The molecule has 0 fully saturated rings. The van der Waals surface area contributed by atoms with Gasteiger partial charge in [0.15, 0.2) is 12.0 Å². The van der Waals surface area contributed by atoms with E-state index in [-0.39, 0.29) is 6.23 Å². The van der Waals surface area contributed by atoms with Crippen molar-refractivity contribution in [1.82, 2.24) is 0 Å². The van der Waals surface area contributed by atoms with Crippen LogP contribution in [0.3, 0.4) is 0 Å². The molecule has 228 valence electrons. The third-order valence-corrected chi connectivity index (χ3v) is 9.30. The van der Waals surface area contributed by atoms with Gasteiger partial charge in [-0.1, -0.05) is 146 Å². The minimum absolute atomic E-state index is 0.258. The molecule has 0 radical (unpaired) electrons. The van der Waals surface area contributed by atoms with Crippen molar-refractivity contribution in [2.75, 3.05) is 10.2 Å². The molecule has 0 amide bonds. The molecule has 8 aromatic rings. The van der Waals surface area contributed by atoms with Crippen molar-refractivity contribution in [3.05, 3.63) is 188 Å². The lowest BCUT2D eigenvalue weighted by Gasteiger charge is -2.26. The molecule has 0 aliphatic carbocycles. The zero-order valence-corrected chi connectivity index (χ0v) is 26.3. The van der Waals surface area contributed by atoms with Crippen LogP contribution in [-0.4, -0.2) is 0 Å². The lowest BCUT2D eigenvalue weighted by atomic mass is 9.98. The number of fused-ring (bicyclic) bond motifs is 6. The van der Waals surface area contributed by atoms with Gasteiger partial charge in [0.2, 0.25) is 0 Å². The standard InChI is InChI=1S/C45H32N2O/c1-4-12-31(13-5-1)33-20-24-36(25-21-33)47(37-26-22-34(23-27-37)32-14-6-2-7-15-32)38-28-29-40-39-18-10-11-19-41(39)43-44(42(40)30-38)48-45(46-43)35-16-8-3-9-17-35/h1-30,45-46H. The van der Waals surface area contributed by atoms with Gasteiger partial charge in [-0.2, -0.15) is 0 Å². The molecule has 0 saturated heterocycles. The quantitative estimate of drug-likeness (QED) is 0.188. The second-order valence-corrected chi connectivity index (χ2v) is 12.2. The molecule has 0 saturated carbocycles. The van der Waals surface area contributed by atoms with E-state index < -0.39 is 0 Å². The Labute approximate surface area is 280 Å². The fraction of sp³-hybridized carbons (Fsp3) is 0.0222. The molecule has 1 heterocycles. The van der Waals surface area contributed by atoms with E-state index in [0.717, 1.165) is 44.8 Å². The molecule has 1 N–H and O–H groups in total. The van der Waals surface area contributed by atoms with Crippen LogP contribution in [0.5, 0.6) is 5.75 Å². The Bertz CT molecular complexity index is 2290. The first-order valence-corrected chi connectivity index (χ1v) is 16.4. The minimum Gasteiger partial charge on any atom is -0.464 e. The predicted octanol–water partition coefficient (Wildman–Crippen LogP) is 12.3. The summed E-state index contributed by atoms with van der Waals surface area (Å²) in [5, 5.41) is 8.32. The number of hydrogen-bond donors (Lipinski definition) is 1. The van der Waals surface area contributed by atoms with Crippen LogP contribution < -0.4 is 15.0 Å². The van der Waals surface area contributed by atoms with Crippen LogP contribution >= 0.6 is 0 Å². The van der Waals surface area contributed by atoms with E-state index >= 15 is 0 Å². The second kappa shape index (κ2) is 11.8. The average Bonchev–Trinajstić information content (AvgIpc) is 3.63. The molecule has 0 spiro atoms. The van der Waals surface area contributed by atoms with E-state index in [1.54, 1.807) is 0 Å². The number of anilines is 4. The highest BCUT2D eigenvalue weighted by Gasteiger charge is 2.28. The maximum Gasteiger partial charge on any atom is 0.196 e. The van der Waals surface area contributed by atoms with Crippen molar-refractivity contribution in [3.8, 4) is 28.0 Å². The molecular weight excluding hydrogens is 585 g/mol. The van der Waals surface area contributed by atoms with Gasteiger partial charge in [0.05, 0.1) is 5.69 Å². The van der Waals surface area contributed by atoms with E-state index in [2.05, 4.69) is 186 Å². The Morgan fingerprint density at radius 1 is 0.396 bits per heavy atom. The summed E-state index contributed by atoms with van der Waals surface area (Å²) >= 11 is 0. The third kappa shape index (κ3) is 4.94. The van der Waals surface area contributed by atoms with Gasteiger partial charge < -0.3 is 15.0 Å². The zero-order valence-electron chi connectivity index (χ0n) is 26.3. The average molecular weight is 617 g/mol. The van der Waals surface area contributed by atoms with Crippen LogP contribution in [0.1, 0.15) is 11.8 Å². The van der Waals surface area contributed by atoms with Gasteiger partial charge in [0, 0.05) is 33.4 Å². The summed E-state index contributed by atoms with van der Waals surface area (Å²) in [6.45, 7) is 0. The molecule has 0 bridgehead atoms. The van der Waals surface area contributed by atoms with Gasteiger partial charge in [-0.3, -0.25) is 0 Å². The van der Waals surface area contributed by atoms with Crippen LogP contribution in [0.25, 0.3) is 43.8 Å². The van der Waals surface area contributed by atoms with Gasteiger partial charge in [-0.05, 0) is 69.4 Å². The molecule has 1 atom stereocenters. The van der Waals surface area contributed by atoms with Crippen molar-refractivity contribution in [3.63, 3.8) is 0 Å². The predicted molar refractivity (Wildman–Crippen MR) is 200 cm³/mol. The number of ether oxygens (including phenoxy) is 1. The van der Waals surface area contributed by atoms with Crippen molar-refractivity contribution in [2.45, 2.75) is 6.23 Å². The summed E-state index contributed by atoms with van der Waals surface area (Å²) in [6.07, 6.45) is -0.258. The maximum absolute atomic E-state index is 6.76. The van der Waals surface area contributed by atoms with Gasteiger partial charge in [-0.15, -0.1) is 0 Å². The van der Waals surface area contributed by atoms with Crippen molar-refractivity contribution in [1.29, 1.82) is 0 Å². The highest BCUT2D eigenvalue weighted by Crippen LogP contribution is 2.50. The fourth-order valence-corrected chi connectivity index (χ4v) is 6.92. The summed E-state index contributed by atoms with van der Waals surface area (Å²) in [6, 6.07) is 64.5. The first-order valence-electron chi connectivity index (χ1n) is 16.4. The van der Waals surface area contributed by atoms with E-state index in [1.165, 1.54) is 33.0 Å². The summed E-state index contributed by atoms with van der Waals surface area (Å²) in [5.41, 5.74) is 10.1. The normalized spacial score (nSPS) is 13.5. The van der Waals surface area contributed by atoms with Gasteiger partial charge in [-0.25, -0.2) is 0 Å². The summed E-state index contributed by atoms with van der Waals surface area (Å²) < 4.78 is 6.76. The summed E-state index contributed by atoms with van der Waals surface area (Å²) in [7, 11) is 0. The zero-order chi connectivity index (χ0) is 31.9. The molecule has 9 rings (SSSR count). The number of nitrogens with one attached hydrogen (secondary N) is 1. The molecule has 1 aliphatic rings. The third-order valence-electron chi connectivity index (χ3n) is 9.30. The van der Waals surface area contributed by atoms with E-state index in [4.69, 9.17) is 4.74 Å². The monoisotopic (exact) mass is 616 g/mol. The SMILES string of the molecule is c1ccc(-c2ccc(N(c3ccc(-c4ccccc4)cc3)c3ccc4c(c3)c3c(c5ccccc54)NC(c4ccccc4)O3)cc2)cc1. The van der Waals surface area contributed by atoms with Crippen molar-refractivity contribution < 1.29 is 4.74 Å². The largest absolute Gasteiger partial charge is 0.464 e. The Kier molecular flexibility index (Phi) is 6.87. The molecule has 1 unspecified atom stereocenters. The van der Waals surface area contributed by atoms with Crippen molar-refractivity contribution >= 4 is 44.3 Å². The van der Waals surface area contributed by atoms with Crippen LogP contribution in [0.15, 0.2) is 182 Å². The van der Waals surface area contributed by atoms with Gasteiger partial charge >= 0.3 is 0 Å². The molecule has 1 aliphatic heterocycles. The minimum atomic E-state index is -0.258. The highest BCUT2D eigenvalue weighted by atomic mass is 16.5. The van der Waals surface area contributed by atoms with Crippen LogP contribution in [-0.2, 0) is 0 Å². The number of benzene rings is 8. The smallest absolute Gasteiger partial charge is 0.196 e. The number of nitrogens with zero attached hydrogens (tertiary/aromatic N) is 1. The molecule has 0 aromatic heterocycles. The Hall–Kier alpha value is -6.32. The van der Waals surface area contributed by atoms with Crippen molar-refractivity contribution in [2.24, 2.45) is 0 Å². The Morgan fingerprint density at radius 3 is 1.44 bits per heavy atom. The fourth-order valence-electron chi connectivity index (χ4n) is 6.92. The Balaban J connectivity index is 1.20. The lowest BCUT2D eigenvalue weighted by molar-refractivity contribution is 0.262. The Morgan fingerprint density at radius 2 is 0.854 bits per heavy atom. The van der Waals surface area contributed by atoms with Crippen LogP contribution in [0, 0.1) is 0 Å². The van der Waals surface area contributed by atoms with Crippen LogP contribution in [0.4, 0.5) is 22.7 Å². The molecule has 3 heteroatoms.